The van der Waals surface area contributed by atoms with Crippen molar-refractivity contribution in [1.29, 1.82) is 0 Å². The van der Waals surface area contributed by atoms with E-state index in [0.29, 0.717) is 39.1 Å². The molecule has 0 aliphatic carbocycles. The Morgan fingerprint density at radius 2 is 1.77 bits per heavy atom. The first kappa shape index (κ1) is 21.0. The Kier molecular flexibility index (Phi) is 5.77. The lowest BCUT2D eigenvalue weighted by atomic mass is 10.0. The largest absolute Gasteiger partial charge is 0.326 e. The van der Waals surface area contributed by atoms with Gasteiger partial charge in [0.05, 0.1) is 5.39 Å². The fourth-order valence-electron chi connectivity index (χ4n) is 3.77. The van der Waals surface area contributed by atoms with Crippen LogP contribution in [0.3, 0.4) is 0 Å². The second-order valence-electron chi connectivity index (χ2n) is 7.99. The van der Waals surface area contributed by atoms with Gasteiger partial charge in [-0.05, 0) is 55.5 Å². The monoisotopic (exact) mass is 439 g/mol. The molecule has 162 valence electrons. The molecule has 0 saturated heterocycles. The summed E-state index contributed by atoms with van der Waals surface area (Å²) in [5, 5.41) is 9.48. The molecule has 3 N–H and O–H groups in total. The summed E-state index contributed by atoms with van der Waals surface area (Å²) < 4.78 is 1.80. The second kappa shape index (κ2) is 8.50. The number of aryl methyl sites for hydroxylation is 2. The molecule has 0 spiro atoms. The van der Waals surface area contributed by atoms with Crippen LogP contribution in [-0.4, -0.2) is 21.5 Å². The summed E-state index contributed by atoms with van der Waals surface area (Å²) in [5.41, 5.74) is 1.95. The van der Waals surface area contributed by atoms with E-state index in [1.54, 1.807) is 28.8 Å². The maximum absolute atomic E-state index is 13.1. The molecule has 1 aliphatic heterocycles. The average Bonchev–Trinajstić information content (AvgIpc) is 2.88. The SMILES string of the molecule is CC(=O)Nc1ccc(NC(=O)Nc2sc3nc4n(c(=O)c3c2C)CCC(C)CC4)cc1. The predicted octanol–water partition coefficient (Wildman–Crippen LogP) is 4.34. The fraction of sp³-hybridized carbons (Fsp3) is 0.364. The maximum atomic E-state index is 13.1. The van der Waals surface area contributed by atoms with E-state index in [9.17, 15) is 14.4 Å². The minimum Gasteiger partial charge on any atom is -0.326 e. The van der Waals surface area contributed by atoms with Gasteiger partial charge < -0.3 is 10.6 Å². The van der Waals surface area contributed by atoms with Crippen molar-refractivity contribution in [2.45, 2.75) is 46.6 Å². The second-order valence-corrected chi connectivity index (χ2v) is 8.99. The van der Waals surface area contributed by atoms with Crippen molar-refractivity contribution in [1.82, 2.24) is 9.55 Å². The van der Waals surface area contributed by atoms with E-state index < -0.39 is 6.03 Å². The Hall–Kier alpha value is -3.20. The van der Waals surface area contributed by atoms with Crippen LogP contribution >= 0.6 is 11.3 Å². The number of urea groups is 1. The highest BCUT2D eigenvalue weighted by Gasteiger charge is 2.21. The predicted molar refractivity (Wildman–Crippen MR) is 124 cm³/mol. The topological polar surface area (TPSA) is 105 Å². The standard InChI is InChI=1S/C22H25N5O3S/c1-12-4-9-17-25-20-18(21(29)27(17)11-10-12)13(2)19(31-20)26-22(30)24-16-7-5-15(6-8-16)23-14(3)28/h5-8,12H,4,9-11H2,1-3H3,(H,23,28)(H2,24,26,30). The molecule has 3 heterocycles. The Morgan fingerprint density at radius 1 is 1.10 bits per heavy atom. The molecular weight excluding hydrogens is 414 g/mol. The van der Waals surface area contributed by atoms with Crippen LogP contribution in [0.4, 0.5) is 21.2 Å². The summed E-state index contributed by atoms with van der Waals surface area (Å²) in [6, 6.07) is 6.42. The smallest absolute Gasteiger partial charge is 0.324 e. The quantitative estimate of drug-likeness (QED) is 0.564. The zero-order valence-electron chi connectivity index (χ0n) is 17.7. The number of thiophene rings is 1. The molecule has 1 aliphatic rings. The Labute approximate surface area is 183 Å². The number of hydrogen-bond donors (Lipinski definition) is 3. The van der Waals surface area contributed by atoms with E-state index in [0.717, 1.165) is 30.7 Å². The van der Waals surface area contributed by atoms with Gasteiger partial charge in [-0.3, -0.25) is 19.5 Å². The summed E-state index contributed by atoms with van der Waals surface area (Å²) in [5.74, 6) is 1.25. The number of carbonyl (C=O) groups is 2. The summed E-state index contributed by atoms with van der Waals surface area (Å²) in [6.45, 7) is 6.17. The number of carbonyl (C=O) groups excluding carboxylic acids is 2. The summed E-state index contributed by atoms with van der Waals surface area (Å²) >= 11 is 1.32. The molecule has 4 rings (SSSR count). The van der Waals surface area contributed by atoms with Gasteiger partial charge in [0.15, 0.2) is 0 Å². The third-order valence-electron chi connectivity index (χ3n) is 5.53. The van der Waals surface area contributed by atoms with Crippen LogP contribution in [0.5, 0.6) is 0 Å². The van der Waals surface area contributed by atoms with Crippen molar-refractivity contribution in [3.63, 3.8) is 0 Å². The highest BCUT2D eigenvalue weighted by Crippen LogP contribution is 2.33. The number of benzene rings is 1. The molecule has 1 atom stereocenters. The lowest BCUT2D eigenvalue weighted by molar-refractivity contribution is -0.114. The first-order chi connectivity index (χ1) is 14.8. The van der Waals surface area contributed by atoms with Gasteiger partial charge >= 0.3 is 6.03 Å². The van der Waals surface area contributed by atoms with Crippen molar-refractivity contribution in [2.75, 3.05) is 16.0 Å². The number of fused-ring (bicyclic) bond motifs is 2. The van der Waals surface area contributed by atoms with Crippen molar-refractivity contribution >= 4 is 49.9 Å². The molecule has 1 unspecified atom stereocenters. The highest BCUT2D eigenvalue weighted by atomic mass is 32.1. The number of anilines is 3. The molecule has 3 amide bonds. The van der Waals surface area contributed by atoms with Crippen LogP contribution in [0.15, 0.2) is 29.1 Å². The van der Waals surface area contributed by atoms with Crippen molar-refractivity contribution in [3.8, 4) is 0 Å². The minimum absolute atomic E-state index is 0.0233. The van der Waals surface area contributed by atoms with E-state index in [-0.39, 0.29) is 11.5 Å². The molecule has 31 heavy (non-hydrogen) atoms. The summed E-state index contributed by atoms with van der Waals surface area (Å²) in [4.78, 5) is 42.2. The van der Waals surface area contributed by atoms with E-state index in [1.165, 1.54) is 18.3 Å². The number of hydrogen-bond acceptors (Lipinski definition) is 5. The first-order valence-corrected chi connectivity index (χ1v) is 11.1. The van der Waals surface area contributed by atoms with Gasteiger partial charge in [-0.2, -0.15) is 0 Å². The van der Waals surface area contributed by atoms with Gasteiger partial charge in [0.25, 0.3) is 5.56 Å². The van der Waals surface area contributed by atoms with Crippen LogP contribution in [0.2, 0.25) is 0 Å². The minimum atomic E-state index is -0.405. The number of nitrogens with zero attached hydrogens (tertiary/aromatic N) is 2. The Bertz CT molecular complexity index is 1210. The van der Waals surface area contributed by atoms with Crippen LogP contribution in [0, 0.1) is 12.8 Å². The fourth-order valence-corrected chi connectivity index (χ4v) is 4.86. The van der Waals surface area contributed by atoms with E-state index in [4.69, 9.17) is 4.98 Å². The zero-order valence-corrected chi connectivity index (χ0v) is 18.6. The van der Waals surface area contributed by atoms with Crippen molar-refractivity contribution < 1.29 is 9.59 Å². The molecule has 8 nitrogen and oxygen atoms in total. The molecule has 9 heteroatoms. The number of aromatic nitrogens is 2. The molecule has 0 radical (unpaired) electrons. The highest BCUT2D eigenvalue weighted by molar-refractivity contribution is 7.22. The number of amides is 3. The lowest BCUT2D eigenvalue weighted by Crippen LogP contribution is -2.24. The van der Waals surface area contributed by atoms with E-state index in [2.05, 4.69) is 22.9 Å². The molecule has 2 aromatic heterocycles. The van der Waals surface area contributed by atoms with Crippen LogP contribution in [-0.2, 0) is 17.8 Å². The molecule has 0 fully saturated rings. The van der Waals surface area contributed by atoms with Gasteiger partial charge in [0.1, 0.15) is 15.7 Å². The van der Waals surface area contributed by atoms with Crippen LogP contribution in [0.25, 0.3) is 10.2 Å². The summed E-state index contributed by atoms with van der Waals surface area (Å²) in [6.07, 6.45) is 2.79. The maximum Gasteiger partial charge on any atom is 0.324 e. The van der Waals surface area contributed by atoms with E-state index >= 15 is 0 Å². The van der Waals surface area contributed by atoms with Crippen molar-refractivity contribution in [2.24, 2.45) is 5.92 Å². The normalized spacial score (nSPS) is 15.8. The van der Waals surface area contributed by atoms with Crippen LogP contribution < -0.4 is 21.5 Å². The molecular formula is C22H25N5O3S. The van der Waals surface area contributed by atoms with E-state index in [1.807, 2.05) is 6.92 Å². The van der Waals surface area contributed by atoms with Crippen LogP contribution in [0.1, 0.15) is 38.1 Å². The number of nitrogens with one attached hydrogen (secondary N) is 3. The summed E-state index contributed by atoms with van der Waals surface area (Å²) in [7, 11) is 0. The molecule has 0 bridgehead atoms. The zero-order chi connectivity index (χ0) is 22.1. The third-order valence-corrected chi connectivity index (χ3v) is 6.63. The molecule has 0 saturated carbocycles. The van der Waals surface area contributed by atoms with Gasteiger partial charge in [-0.25, -0.2) is 9.78 Å². The molecule has 1 aromatic carbocycles. The van der Waals surface area contributed by atoms with Gasteiger partial charge in [0, 0.05) is 31.3 Å². The van der Waals surface area contributed by atoms with Crippen molar-refractivity contribution in [3.05, 3.63) is 46.0 Å². The van der Waals surface area contributed by atoms with Gasteiger partial charge in [0.2, 0.25) is 5.91 Å². The lowest BCUT2D eigenvalue weighted by Gasteiger charge is -2.09. The van der Waals surface area contributed by atoms with Gasteiger partial charge in [-0.1, -0.05) is 18.3 Å². The van der Waals surface area contributed by atoms with Gasteiger partial charge in [-0.15, -0.1) is 0 Å². The molecule has 3 aromatic rings. The Balaban J connectivity index is 1.54. The third kappa shape index (κ3) is 4.46. The number of rotatable bonds is 3. The first-order valence-electron chi connectivity index (χ1n) is 10.3. The average molecular weight is 440 g/mol. The Morgan fingerprint density at radius 3 is 2.45 bits per heavy atom.